The summed E-state index contributed by atoms with van der Waals surface area (Å²) in [5.41, 5.74) is 2.13. The first-order valence-corrected chi connectivity index (χ1v) is 7.53. The lowest BCUT2D eigenvalue weighted by Crippen LogP contribution is -2.38. The maximum atomic E-state index is 10.8. The van der Waals surface area contributed by atoms with Gasteiger partial charge in [0.2, 0.25) is 0 Å². The summed E-state index contributed by atoms with van der Waals surface area (Å²) in [6, 6.07) is 0. The van der Waals surface area contributed by atoms with Gasteiger partial charge in [0.15, 0.2) is 11.5 Å². The molecule has 1 aliphatic rings. The van der Waals surface area contributed by atoms with Gasteiger partial charge in [-0.25, -0.2) is 9.97 Å². The number of rotatable bonds is 4. The number of hydrogen-bond acceptors (Lipinski definition) is 5. The van der Waals surface area contributed by atoms with Gasteiger partial charge in [-0.3, -0.25) is 13.9 Å². The van der Waals surface area contributed by atoms with Gasteiger partial charge in [0.1, 0.15) is 11.7 Å². The Hall–Kier alpha value is -2.61. The topological polar surface area (TPSA) is 88.5 Å². The number of carboxylic acids is 1. The molecule has 9 heteroatoms. The van der Waals surface area contributed by atoms with Crippen LogP contribution in [0.3, 0.4) is 0 Å². The van der Waals surface area contributed by atoms with E-state index in [1.165, 1.54) is 4.68 Å². The second-order valence-electron chi connectivity index (χ2n) is 5.39. The highest BCUT2D eigenvalue weighted by Gasteiger charge is 2.22. The van der Waals surface area contributed by atoms with Gasteiger partial charge in [0.05, 0.1) is 18.1 Å². The van der Waals surface area contributed by atoms with Crippen LogP contribution in [0, 0.1) is 0 Å². The lowest BCUT2D eigenvalue weighted by molar-refractivity contribution is -0.137. The van der Waals surface area contributed by atoms with Gasteiger partial charge in [-0.05, 0) is 6.42 Å². The second-order valence-corrected chi connectivity index (χ2v) is 5.77. The first kappa shape index (κ1) is 14.0. The minimum atomic E-state index is -0.943. The number of anilines is 1. The van der Waals surface area contributed by atoms with Crippen LogP contribution >= 0.6 is 11.6 Å². The maximum absolute atomic E-state index is 10.8. The van der Waals surface area contributed by atoms with Crippen molar-refractivity contribution in [2.45, 2.75) is 13.0 Å². The highest BCUT2D eigenvalue weighted by atomic mass is 35.5. The van der Waals surface area contributed by atoms with E-state index in [0.29, 0.717) is 10.8 Å². The summed E-state index contributed by atoms with van der Waals surface area (Å²) >= 11 is 6.20. The number of imidazole rings is 1. The molecule has 4 rings (SSSR count). The van der Waals surface area contributed by atoms with Gasteiger partial charge in [-0.1, -0.05) is 11.6 Å². The van der Waals surface area contributed by atoms with Crippen LogP contribution in [0.1, 0.15) is 6.42 Å². The highest BCUT2D eigenvalue weighted by molar-refractivity contribution is 6.29. The summed E-state index contributed by atoms with van der Waals surface area (Å²) in [6.07, 6.45) is 7.77. The maximum Gasteiger partial charge on any atom is 0.325 e. The molecule has 0 atom stereocenters. The van der Waals surface area contributed by atoms with Crippen molar-refractivity contribution in [1.82, 2.24) is 24.1 Å². The molecule has 3 aromatic rings. The van der Waals surface area contributed by atoms with Crippen molar-refractivity contribution in [3.63, 3.8) is 0 Å². The lowest BCUT2D eigenvalue weighted by atomic mass is 10.2. The van der Waals surface area contributed by atoms with Crippen molar-refractivity contribution in [3.8, 4) is 11.3 Å². The van der Waals surface area contributed by atoms with Crippen molar-refractivity contribution in [1.29, 1.82) is 0 Å². The Labute approximate surface area is 135 Å². The first-order chi connectivity index (χ1) is 11.1. The summed E-state index contributed by atoms with van der Waals surface area (Å²) in [4.78, 5) is 21.9. The predicted octanol–water partition coefficient (Wildman–Crippen LogP) is 1.54. The summed E-state index contributed by atoms with van der Waals surface area (Å²) in [5.74, 6) is -0.159. The molecule has 0 radical (unpaired) electrons. The van der Waals surface area contributed by atoms with Gasteiger partial charge in [-0.15, -0.1) is 0 Å². The van der Waals surface area contributed by atoms with Gasteiger partial charge in [0.25, 0.3) is 0 Å². The molecule has 1 N–H and O–H groups in total. The van der Waals surface area contributed by atoms with Crippen LogP contribution in [0.15, 0.2) is 24.8 Å². The van der Waals surface area contributed by atoms with Crippen molar-refractivity contribution in [2.24, 2.45) is 0 Å². The molecule has 0 unspecified atom stereocenters. The van der Waals surface area contributed by atoms with Gasteiger partial charge in [-0.2, -0.15) is 5.10 Å². The molecule has 0 saturated carbocycles. The van der Waals surface area contributed by atoms with Crippen LogP contribution in [0.2, 0.25) is 5.15 Å². The molecule has 1 fully saturated rings. The number of hydrogen-bond donors (Lipinski definition) is 1. The van der Waals surface area contributed by atoms with Crippen LogP contribution in [-0.2, 0) is 11.3 Å². The molecule has 0 bridgehead atoms. The molecule has 3 aromatic heterocycles. The van der Waals surface area contributed by atoms with Crippen LogP contribution in [0.4, 0.5) is 5.82 Å². The molecule has 0 spiro atoms. The third-order valence-electron chi connectivity index (χ3n) is 3.81. The molecular formula is C14H13ClN6O2. The van der Waals surface area contributed by atoms with E-state index in [1.54, 1.807) is 29.2 Å². The number of nitrogens with zero attached hydrogens (tertiary/aromatic N) is 6. The van der Waals surface area contributed by atoms with Crippen molar-refractivity contribution < 1.29 is 9.90 Å². The molecule has 118 valence electrons. The zero-order valence-electron chi connectivity index (χ0n) is 12.1. The predicted molar refractivity (Wildman–Crippen MR) is 83.7 cm³/mol. The Morgan fingerprint density at radius 1 is 1.30 bits per heavy atom. The smallest absolute Gasteiger partial charge is 0.325 e. The lowest BCUT2D eigenvalue weighted by Gasteiger charge is -2.32. The largest absolute Gasteiger partial charge is 0.480 e. The number of carboxylic acid groups (broad SMARTS) is 1. The van der Waals surface area contributed by atoms with E-state index < -0.39 is 5.97 Å². The minimum Gasteiger partial charge on any atom is -0.480 e. The van der Waals surface area contributed by atoms with E-state index in [-0.39, 0.29) is 6.54 Å². The molecule has 0 aliphatic carbocycles. The normalized spacial score (nSPS) is 14.2. The summed E-state index contributed by atoms with van der Waals surface area (Å²) < 4.78 is 3.15. The second kappa shape index (κ2) is 5.24. The van der Waals surface area contributed by atoms with E-state index in [0.717, 1.165) is 36.5 Å². The minimum absolute atomic E-state index is 0.187. The highest BCUT2D eigenvalue weighted by Crippen LogP contribution is 2.29. The fourth-order valence-electron chi connectivity index (χ4n) is 2.54. The summed E-state index contributed by atoms with van der Waals surface area (Å²) in [6.45, 7) is 1.69. The standard InChI is InChI=1S/C14H13ClN6O2/c15-11-5-16-13-14(19-2-1-3-19)18-10(7-21(11)13)9-4-17-20(6-9)8-12(22)23/h4-7H,1-3,8H2,(H,22,23). The van der Waals surface area contributed by atoms with Crippen LogP contribution < -0.4 is 4.90 Å². The molecule has 1 saturated heterocycles. The molecule has 0 aromatic carbocycles. The zero-order valence-corrected chi connectivity index (χ0v) is 12.8. The van der Waals surface area contributed by atoms with Gasteiger partial charge < -0.3 is 10.0 Å². The van der Waals surface area contributed by atoms with Crippen LogP contribution in [0.5, 0.6) is 0 Å². The molecule has 23 heavy (non-hydrogen) atoms. The van der Waals surface area contributed by atoms with E-state index in [1.807, 2.05) is 0 Å². The van der Waals surface area contributed by atoms with E-state index in [4.69, 9.17) is 16.7 Å². The Morgan fingerprint density at radius 3 is 2.83 bits per heavy atom. The Kier molecular flexibility index (Phi) is 3.19. The van der Waals surface area contributed by atoms with Crippen molar-refractivity contribution >= 4 is 29.0 Å². The van der Waals surface area contributed by atoms with Crippen LogP contribution in [-0.4, -0.2) is 48.3 Å². The molecule has 1 aliphatic heterocycles. The number of halogens is 1. The average molecular weight is 333 g/mol. The zero-order chi connectivity index (χ0) is 16.0. The Balaban J connectivity index is 1.81. The number of carbonyl (C=O) groups is 1. The van der Waals surface area contributed by atoms with E-state index in [2.05, 4.69) is 20.0 Å². The molecule has 0 amide bonds. The molecule has 8 nitrogen and oxygen atoms in total. The van der Waals surface area contributed by atoms with Crippen molar-refractivity contribution in [2.75, 3.05) is 18.0 Å². The SMILES string of the molecule is O=C(O)Cn1cc(-c2cn3c(Cl)cnc3c(N3CCC3)n2)cn1. The summed E-state index contributed by atoms with van der Waals surface area (Å²) in [5, 5.41) is 13.4. The Morgan fingerprint density at radius 2 is 2.13 bits per heavy atom. The average Bonchev–Trinajstić information content (AvgIpc) is 3.04. The first-order valence-electron chi connectivity index (χ1n) is 7.15. The monoisotopic (exact) mass is 332 g/mol. The Bertz CT molecular complexity index is 898. The van der Waals surface area contributed by atoms with E-state index in [9.17, 15) is 4.79 Å². The van der Waals surface area contributed by atoms with E-state index >= 15 is 0 Å². The molecule has 4 heterocycles. The fourth-order valence-corrected chi connectivity index (χ4v) is 2.72. The third kappa shape index (κ3) is 2.40. The number of aliphatic carboxylic acids is 1. The third-order valence-corrected chi connectivity index (χ3v) is 4.09. The van der Waals surface area contributed by atoms with Gasteiger partial charge >= 0.3 is 5.97 Å². The molecular weight excluding hydrogens is 320 g/mol. The quantitative estimate of drug-likeness (QED) is 0.779. The number of aromatic nitrogens is 5. The van der Waals surface area contributed by atoms with Crippen molar-refractivity contribution in [3.05, 3.63) is 29.9 Å². The fraction of sp³-hybridized carbons (Fsp3) is 0.286. The van der Waals surface area contributed by atoms with Crippen LogP contribution in [0.25, 0.3) is 16.9 Å². The number of fused-ring (bicyclic) bond motifs is 1. The summed E-state index contributed by atoms with van der Waals surface area (Å²) in [7, 11) is 0. The van der Waals surface area contributed by atoms with Gasteiger partial charge in [0, 0.05) is 31.0 Å².